The molecule has 0 aromatic heterocycles. The molecule has 1 fully saturated rings. The van der Waals surface area contributed by atoms with Gasteiger partial charge < -0.3 is 10.0 Å². The first-order valence-electron chi connectivity index (χ1n) is 12.5. The molecule has 5 heteroatoms. The van der Waals surface area contributed by atoms with Crippen LogP contribution in [0.2, 0.25) is 5.02 Å². The van der Waals surface area contributed by atoms with Crippen molar-refractivity contribution in [2.75, 3.05) is 6.54 Å². The summed E-state index contributed by atoms with van der Waals surface area (Å²) < 4.78 is 0. The van der Waals surface area contributed by atoms with Gasteiger partial charge in [-0.25, -0.2) is 0 Å². The lowest BCUT2D eigenvalue weighted by Gasteiger charge is -2.43. The van der Waals surface area contributed by atoms with Crippen molar-refractivity contribution in [2.45, 2.75) is 97.3 Å². The number of carboxylic acids is 1. The zero-order valence-electron chi connectivity index (χ0n) is 20.8. The van der Waals surface area contributed by atoms with Gasteiger partial charge in [0.1, 0.15) is 0 Å². The second kappa shape index (κ2) is 10.6. The van der Waals surface area contributed by atoms with Gasteiger partial charge in [-0.05, 0) is 66.2 Å². The van der Waals surface area contributed by atoms with E-state index >= 15 is 0 Å². The third-order valence-electron chi connectivity index (χ3n) is 7.43. The van der Waals surface area contributed by atoms with E-state index in [1.54, 1.807) is 4.90 Å². The van der Waals surface area contributed by atoms with Gasteiger partial charge in [0.05, 0.1) is 0 Å². The van der Waals surface area contributed by atoms with Crippen LogP contribution in [0.15, 0.2) is 30.0 Å². The smallest absolute Gasteiger partial charge is 0.303 e. The summed E-state index contributed by atoms with van der Waals surface area (Å²) in [6.45, 7) is 9.39. The minimum absolute atomic E-state index is 0.0652. The van der Waals surface area contributed by atoms with Gasteiger partial charge in [0, 0.05) is 36.0 Å². The van der Waals surface area contributed by atoms with E-state index in [2.05, 4.69) is 52.1 Å². The fourth-order valence-corrected chi connectivity index (χ4v) is 5.59. The Kier molecular flexibility index (Phi) is 8.31. The number of allylic oxidation sites excluding steroid dienone is 1. The van der Waals surface area contributed by atoms with Crippen LogP contribution in [0.25, 0.3) is 0 Å². The Morgan fingerprint density at radius 1 is 1.21 bits per heavy atom. The summed E-state index contributed by atoms with van der Waals surface area (Å²) in [4.78, 5) is 25.9. The van der Waals surface area contributed by atoms with Crippen molar-refractivity contribution >= 4 is 23.5 Å². The van der Waals surface area contributed by atoms with Crippen LogP contribution in [0.3, 0.4) is 0 Å². The Labute approximate surface area is 204 Å². The van der Waals surface area contributed by atoms with E-state index in [9.17, 15) is 9.59 Å². The number of halogens is 1. The Balaban J connectivity index is 1.91. The lowest BCUT2D eigenvalue weighted by molar-refractivity contribution is -0.138. The zero-order chi connectivity index (χ0) is 24.2. The maximum Gasteiger partial charge on any atom is 0.303 e. The van der Waals surface area contributed by atoms with Gasteiger partial charge in [-0.3, -0.25) is 9.59 Å². The van der Waals surface area contributed by atoms with Gasteiger partial charge in [-0.1, -0.05) is 70.7 Å². The summed E-state index contributed by atoms with van der Waals surface area (Å²) in [5.41, 5.74) is 3.47. The third kappa shape index (κ3) is 6.62. The predicted molar refractivity (Wildman–Crippen MR) is 134 cm³/mol. The van der Waals surface area contributed by atoms with E-state index < -0.39 is 5.97 Å². The highest BCUT2D eigenvalue weighted by Crippen LogP contribution is 2.47. The molecular formula is C28H40ClNO3. The molecule has 1 aromatic rings. The van der Waals surface area contributed by atoms with Crippen LogP contribution in [-0.4, -0.2) is 28.4 Å². The van der Waals surface area contributed by atoms with E-state index in [1.807, 2.05) is 0 Å². The Morgan fingerprint density at radius 3 is 2.52 bits per heavy atom. The van der Waals surface area contributed by atoms with Gasteiger partial charge in [0.25, 0.3) is 0 Å². The summed E-state index contributed by atoms with van der Waals surface area (Å²) in [5, 5.41) is 9.79. The molecule has 182 valence electrons. The van der Waals surface area contributed by atoms with Crippen molar-refractivity contribution in [3.8, 4) is 0 Å². The molecule has 0 radical (unpaired) electrons. The van der Waals surface area contributed by atoms with E-state index in [0.29, 0.717) is 25.3 Å². The summed E-state index contributed by atoms with van der Waals surface area (Å²) in [6, 6.07) is 6.41. The number of nitrogens with zero attached hydrogens (tertiary/aromatic N) is 1. The van der Waals surface area contributed by atoms with Crippen LogP contribution < -0.4 is 0 Å². The number of carbonyl (C=O) groups excluding carboxylic acids is 1. The monoisotopic (exact) mass is 473 g/mol. The second-order valence-electron chi connectivity index (χ2n) is 11.4. The quantitative estimate of drug-likeness (QED) is 0.436. The van der Waals surface area contributed by atoms with Gasteiger partial charge >= 0.3 is 5.97 Å². The van der Waals surface area contributed by atoms with Crippen LogP contribution in [0.4, 0.5) is 0 Å². The molecule has 2 aliphatic rings. The topological polar surface area (TPSA) is 57.6 Å². The molecule has 0 saturated heterocycles. The number of carbonyl (C=O) groups is 2. The molecule has 1 aliphatic carbocycles. The number of hydrogen-bond acceptors (Lipinski definition) is 2. The van der Waals surface area contributed by atoms with Crippen molar-refractivity contribution in [1.29, 1.82) is 0 Å². The first-order valence-corrected chi connectivity index (χ1v) is 12.9. The molecule has 1 heterocycles. The van der Waals surface area contributed by atoms with Crippen molar-refractivity contribution in [3.63, 3.8) is 0 Å². The Bertz CT molecular complexity index is 895. The van der Waals surface area contributed by atoms with E-state index in [-0.39, 0.29) is 23.2 Å². The molecule has 4 nitrogen and oxygen atoms in total. The SMILES string of the molecule is CC(C)(C)CCc1ccc([C@@]2(C)CC(=O)N(CCCC(=O)O)C=C2C2CCCCC2)cc1Cl. The molecule has 1 saturated carbocycles. The standard InChI is InChI=1S/C28H40ClNO3/c1-27(2,3)15-14-21-12-13-22(17-24(21)29)28(4)18-25(31)30(16-8-11-26(32)33)19-23(28)20-9-6-5-7-10-20/h12-13,17,19-20H,5-11,14-16,18H2,1-4H3,(H,32,33)/t28-/m1/s1. The zero-order valence-corrected chi connectivity index (χ0v) is 21.5. The Hall–Kier alpha value is -1.81. The number of carboxylic acid groups (broad SMARTS) is 1. The van der Waals surface area contributed by atoms with Crippen LogP contribution >= 0.6 is 11.6 Å². The normalized spacial score (nSPS) is 22.4. The third-order valence-corrected chi connectivity index (χ3v) is 7.78. The minimum atomic E-state index is -0.818. The molecule has 1 aromatic carbocycles. The van der Waals surface area contributed by atoms with Gasteiger partial charge in [0.15, 0.2) is 0 Å². The predicted octanol–water partition coefficient (Wildman–Crippen LogP) is 7.14. The highest BCUT2D eigenvalue weighted by atomic mass is 35.5. The first-order chi connectivity index (χ1) is 15.5. The number of benzene rings is 1. The van der Waals surface area contributed by atoms with Crippen molar-refractivity contribution < 1.29 is 14.7 Å². The Morgan fingerprint density at radius 2 is 1.91 bits per heavy atom. The van der Waals surface area contributed by atoms with E-state index in [1.165, 1.54) is 30.4 Å². The highest BCUT2D eigenvalue weighted by molar-refractivity contribution is 6.31. The average Bonchev–Trinajstić information content (AvgIpc) is 2.74. The fraction of sp³-hybridized carbons (Fsp3) is 0.643. The van der Waals surface area contributed by atoms with Crippen molar-refractivity contribution in [1.82, 2.24) is 4.90 Å². The number of hydrogen-bond donors (Lipinski definition) is 1. The summed E-state index contributed by atoms with van der Waals surface area (Å²) in [7, 11) is 0. The van der Waals surface area contributed by atoms with Crippen molar-refractivity contribution in [3.05, 3.63) is 46.1 Å². The van der Waals surface area contributed by atoms with Crippen molar-refractivity contribution in [2.24, 2.45) is 11.3 Å². The molecule has 1 aliphatic heterocycles. The van der Waals surface area contributed by atoms with Crippen LogP contribution in [-0.2, 0) is 21.4 Å². The van der Waals surface area contributed by atoms with Crippen LogP contribution in [0.5, 0.6) is 0 Å². The summed E-state index contributed by atoms with van der Waals surface area (Å²) >= 11 is 6.77. The number of rotatable bonds is 8. The van der Waals surface area contributed by atoms with Gasteiger partial charge in [0.2, 0.25) is 5.91 Å². The lowest BCUT2D eigenvalue weighted by atomic mass is 9.65. The molecular weight excluding hydrogens is 434 g/mol. The van der Waals surface area contributed by atoms with Crippen LogP contribution in [0.1, 0.15) is 96.6 Å². The fourth-order valence-electron chi connectivity index (χ4n) is 5.32. The number of amides is 1. The maximum atomic E-state index is 13.2. The second-order valence-corrected chi connectivity index (χ2v) is 11.8. The van der Waals surface area contributed by atoms with Gasteiger partial charge in [-0.2, -0.15) is 0 Å². The summed E-state index contributed by atoms with van der Waals surface area (Å²) in [5.74, 6) is -0.296. The first kappa shape index (κ1) is 25.8. The molecule has 1 amide bonds. The highest BCUT2D eigenvalue weighted by Gasteiger charge is 2.42. The molecule has 1 atom stereocenters. The van der Waals surface area contributed by atoms with Crippen LogP contribution in [0, 0.1) is 11.3 Å². The summed E-state index contributed by atoms with van der Waals surface area (Å²) in [6.07, 6.45) is 11.0. The van der Waals surface area contributed by atoms with Gasteiger partial charge in [-0.15, -0.1) is 0 Å². The average molecular weight is 474 g/mol. The molecule has 0 unspecified atom stereocenters. The maximum absolute atomic E-state index is 13.2. The number of aliphatic carboxylic acids is 1. The minimum Gasteiger partial charge on any atom is -0.481 e. The molecule has 3 rings (SSSR count). The van der Waals surface area contributed by atoms with E-state index in [4.69, 9.17) is 16.7 Å². The molecule has 33 heavy (non-hydrogen) atoms. The molecule has 0 spiro atoms. The largest absolute Gasteiger partial charge is 0.481 e. The molecule has 1 N–H and O–H groups in total. The number of aryl methyl sites for hydroxylation is 1. The van der Waals surface area contributed by atoms with E-state index in [0.717, 1.165) is 36.3 Å². The lowest BCUT2D eigenvalue weighted by Crippen LogP contribution is -2.43. The molecule has 0 bridgehead atoms.